The zero-order chi connectivity index (χ0) is 14.0. The molecule has 0 saturated heterocycles. The van der Waals surface area contributed by atoms with Gasteiger partial charge in [0, 0.05) is 24.1 Å². The van der Waals surface area contributed by atoms with Crippen LogP contribution in [-0.2, 0) is 4.79 Å². The summed E-state index contributed by atoms with van der Waals surface area (Å²) in [6, 6.07) is 2.71. The number of amides is 1. The van der Waals surface area contributed by atoms with Crippen molar-refractivity contribution in [1.82, 2.24) is 5.32 Å². The average molecular weight is 268 g/mol. The summed E-state index contributed by atoms with van der Waals surface area (Å²) in [5.74, 6) is -1.03. The number of carbonyl (C=O) groups excluding carboxylic acids is 1. The molecular formula is C14H18F2N2O. The molecule has 3 N–H and O–H groups in total. The van der Waals surface area contributed by atoms with Gasteiger partial charge in [0.15, 0.2) is 0 Å². The lowest BCUT2D eigenvalue weighted by molar-refractivity contribution is -0.122. The van der Waals surface area contributed by atoms with Crippen LogP contribution in [0.3, 0.4) is 0 Å². The van der Waals surface area contributed by atoms with E-state index in [0.29, 0.717) is 5.92 Å². The summed E-state index contributed by atoms with van der Waals surface area (Å²) in [4.78, 5) is 11.8. The lowest BCUT2D eigenvalue weighted by atomic mass is 10.1. The van der Waals surface area contributed by atoms with Gasteiger partial charge in [-0.05, 0) is 31.7 Å². The van der Waals surface area contributed by atoms with E-state index in [-0.39, 0.29) is 23.9 Å². The number of hydrogen-bond acceptors (Lipinski definition) is 2. The molecule has 2 unspecified atom stereocenters. The predicted molar refractivity (Wildman–Crippen MR) is 68.2 cm³/mol. The quantitative estimate of drug-likeness (QED) is 0.860. The lowest BCUT2D eigenvalue weighted by Crippen LogP contribution is -2.34. The van der Waals surface area contributed by atoms with Gasteiger partial charge in [-0.1, -0.05) is 6.07 Å². The molecule has 1 fully saturated rings. The highest BCUT2D eigenvalue weighted by atomic mass is 19.1. The molecule has 2 atom stereocenters. The van der Waals surface area contributed by atoms with E-state index in [9.17, 15) is 13.6 Å². The fourth-order valence-corrected chi connectivity index (χ4v) is 2.14. The number of rotatable bonds is 5. The van der Waals surface area contributed by atoms with Crippen molar-refractivity contribution in [3.8, 4) is 0 Å². The van der Waals surface area contributed by atoms with Gasteiger partial charge in [-0.3, -0.25) is 4.79 Å². The third-order valence-electron chi connectivity index (χ3n) is 3.46. The van der Waals surface area contributed by atoms with Gasteiger partial charge in [0.25, 0.3) is 0 Å². The van der Waals surface area contributed by atoms with Gasteiger partial charge in [-0.15, -0.1) is 0 Å². The van der Waals surface area contributed by atoms with E-state index < -0.39 is 17.7 Å². The van der Waals surface area contributed by atoms with Crippen LogP contribution in [0.2, 0.25) is 0 Å². The largest absolute Gasteiger partial charge is 0.349 e. The average Bonchev–Trinajstić information content (AvgIpc) is 3.11. The minimum Gasteiger partial charge on any atom is -0.349 e. The van der Waals surface area contributed by atoms with Crippen molar-refractivity contribution in [2.24, 2.45) is 11.7 Å². The Morgan fingerprint density at radius 3 is 2.74 bits per heavy atom. The number of carbonyl (C=O) groups is 1. The Kier molecular flexibility index (Phi) is 4.14. The maximum absolute atomic E-state index is 13.5. The zero-order valence-electron chi connectivity index (χ0n) is 10.8. The van der Waals surface area contributed by atoms with Gasteiger partial charge in [0.2, 0.25) is 5.91 Å². The molecule has 1 amide bonds. The minimum atomic E-state index is -0.653. The summed E-state index contributed by atoms with van der Waals surface area (Å²) in [5.41, 5.74) is 6.13. The fourth-order valence-electron chi connectivity index (χ4n) is 2.14. The highest BCUT2D eigenvalue weighted by Gasteiger charge is 2.30. The second-order valence-corrected chi connectivity index (χ2v) is 5.16. The summed E-state index contributed by atoms with van der Waals surface area (Å²) in [7, 11) is 0. The number of nitrogens with one attached hydrogen (secondary N) is 1. The molecule has 1 aliphatic rings. The van der Waals surface area contributed by atoms with Crippen molar-refractivity contribution >= 4 is 5.91 Å². The molecule has 0 aliphatic heterocycles. The van der Waals surface area contributed by atoms with Gasteiger partial charge >= 0.3 is 0 Å². The Morgan fingerprint density at radius 1 is 1.47 bits per heavy atom. The highest BCUT2D eigenvalue weighted by Crippen LogP contribution is 2.32. The number of hydrogen-bond donors (Lipinski definition) is 2. The van der Waals surface area contributed by atoms with Crippen molar-refractivity contribution in [2.45, 2.75) is 38.3 Å². The lowest BCUT2D eigenvalue weighted by Gasteiger charge is -2.17. The Hall–Kier alpha value is -1.49. The van der Waals surface area contributed by atoms with Crippen LogP contribution in [0, 0.1) is 17.6 Å². The molecule has 1 aromatic rings. The number of halogens is 2. The van der Waals surface area contributed by atoms with Gasteiger partial charge in [-0.25, -0.2) is 8.78 Å². The first-order valence-corrected chi connectivity index (χ1v) is 6.47. The van der Waals surface area contributed by atoms with Crippen LogP contribution in [0.15, 0.2) is 18.2 Å². The Bertz CT molecular complexity index is 475. The molecule has 19 heavy (non-hydrogen) atoms. The van der Waals surface area contributed by atoms with Crippen LogP contribution >= 0.6 is 0 Å². The SMILES string of the molecule is CC(NC(=O)CC(N)C1CC1)c1ccc(F)cc1F. The number of benzene rings is 1. The molecule has 2 rings (SSSR count). The first-order valence-electron chi connectivity index (χ1n) is 6.47. The number of nitrogens with two attached hydrogens (primary N) is 1. The second kappa shape index (κ2) is 5.65. The van der Waals surface area contributed by atoms with Crippen molar-refractivity contribution in [3.63, 3.8) is 0 Å². The molecule has 0 aromatic heterocycles. The van der Waals surface area contributed by atoms with E-state index in [2.05, 4.69) is 5.32 Å². The summed E-state index contributed by atoms with van der Waals surface area (Å²) in [5, 5.41) is 2.69. The minimum absolute atomic E-state index is 0.120. The molecule has 0 spiro atoms. The summed E-state index contributed by atoms with van der Waals surface area (Å²) in [6.07, 6.45) is 2.41. The summed E-state index contributed by atoms with van der Waals surface area (Å²) in [6.45, 7) is 1.66. The van der Waals surface area contributed by atoms with Gasteiger partial charge in [0.1, 0.15) is 11.6 Å². The molecule has 0 radical (unpaired) electrons. The third kappa shape index (κ3) is 3.73. The maximum Gasteiger partial charge on any atom is 0.222 e. The van der Waals surface area contributed by atoms with E-state index in [1.54, 1.807) is 6.92 Å². The Morgan fingerprint density at radius 2 is 2.16 bits per heavy atom. The van der Waals surface area contributed by atoms with E-state index >= 15 is 0 Å². The van der Waals surface area contributed by atoms with Crippen molar-refractivity contribution < 1.29 is 13.6 Å². The Labute approximate surface area is 111 Å². The van der Waals surface area contributed by atoms with Crippen LogP contribution < -0.4 is 11.1 Å². The summed E-state index contributed by atoms with van der Waals surface area (Å²) >= 11 is 0. The van der Waals surface area contributed by atoms with Gasteiger partial charge in [-0.2, -0.15) is 0 Å². The van der Waals surface area contributed by atoms with Crippen LogP contribution in [0.4, 0.5) is 8.78 Å². The molecule has 0 heterocycles. The predicted octanol–water partition coefficient (Wildman–Crippen LogP) is 2.27. The normalized spacial score (nSPS) is 17.9. The van der Waals surface area contributed by atoms with Crippen LogP contribution in [-0.4, -0.2) is 11.9 Å². The fraction of sp³-hybridized carbons (Fsp3) is 0.500. The zero-order valence-corrected chi connectivity index (χ0v) is 10.8. The Balaban J connectivity index is 1.92. The third-order valence-corrected chi connectivity index (χ3v) is 3.46. The first kappa shape index (κ1) is 13.9. The first-order chi connectivity index (χ1) is 8.97. The van der Waals surface area contributed by atoms with Crippen molar-refractivity contribution in [1.29, 1.82) is 0 Å². The van der Waals surface area contributed by atoms with Crippen LogP contribution in [0.25, 0.3) is 0 Å². The van der Waals surface area contributed by atoms with E-state index in [4.69, 9.17) is 5.73 Å². The second-order valence-electron chi connectivity index (χ2n) is 5.16. The molecule has 3 nitrogen and oxygen atoms in total. The smallest absolute Gasteiger partial charge is 0.222 e. The molecule has 0 bridgehead atoms. The molecule has 1 aliphatic carbocycles. The molecule has 1 aromatic carbocycles. The van der Waals surface area contributed by atoms with E-state index in [1.165, 1.54) is 12.1 Å². The van der Waals surface area contributed by atoms with E-state index in [0.717, 1.165) is 18.9 Å². The monoisotopic (exact) mass is 268 g/mol. The highest BCUT2D eigenvalue weighted by molar-refractivity contribution is 5.77. The molecular weight excluding hydrogens is 250 g/mol. The van der Waals surface area contributed by atoms with Crippen LogP contribution in [0.1, 0.15) is 37.8 Å². The molecule has 5 heteroatoms. The summed E-state index contributed by atoms with van der Waals surface area (Å²) < 4.78 is 26.3. The standard InChI is InChI=1S/C14H18F2N2O/c1-8(11-5-4-10(15)6-12(11)16)18-14(19)7-13(17)9-2-3-9/h4-6,8-9,13H,2-3,7,17H2,1H3,(H,18,19). The van der Waals surface area contributed by atoms with Crippen LogP contribution in [0.5, 0.6) is 0 Å². The molecule has 1 saturated carbocycles. The van der Waals surface area contributed by atoms with E-state index in [1.807, 2.05) is 0 Å². The van der Waals surface area contributed by atoms with Gasteiger partial charge in [0.05, 0.1) is 6.04 Å². The van der Waals surface area contributed by atoms with Gasteiger partial charge < -0.3 is 11.1 Å². The van der Waals surface area contributed by atoms with Crippen molar-refractivity contribution in [2.75, 3.05) is 0 Å². The maximum atomic E-state index is 13.5. The molecule has 104 valence electrons. The van der Waals surface area contributed by atoms with Crippen molar-refractivity contribution in [3.05, 3.63) is 35.4 Å². The topological polar surface area (TPSA) is 55.1 Å².